The first-order chi connectivity index (χ1) is 5.02. The molecule has 0 aliphatic carbocycles. The molecule has 0 fully saturated rings. The monoisotopic (exact) mass is 157 g/mol. The van der Waals surface area contributed by atoms with Crippen molar-refractivity contribution in [1.82, 2.24) is 0 Å². The van der Waals surface area contributed by atoms with Gasteiger partial charge in [0, 0.05) is 12.6 Å². The van der Waals surface area contributed by atoms with Gasteiger partial charge in [-0.2, -0.15) is 0 Å². The van der Waals surface area contributed by atoms with Gasteiger partial charge >= 0.3 is 0 Å². The number of aliphatic hydroxyl groups is 1. The van der Waals surface area contributed by atoms with Gasteiger partial charge in [0.05, 0.1) is 0 Å². The molecule has 1 heterocycles. The molecule has 0 amide bonds. The number of ketones is 1. The Hall–Kier alpha value is -0.900. The van der Waals surface area contributed by atoms with Crippen molar-refractivity contribution in [3.05, 3.63) is 0 Å². The van der Waals surface area contributed by atoms with E-state index in [2.05, 4.69) is 5.16 Å². The maximum Gasteiger partial charge on any atom is 0.207 e. The van der Waals surface area contributed by atoms with Crippen LogP contribution in [0.25, 0.3) is 0 Å². The topological polar surface area (TPSA) is 58.9 Å². The molecule has 0 aromatic carbocycles. The zero-order valence-electron chi connectivity index (χ0n) is 6.57. The van der Waals surface area contributed by atoms with Crippen molar-refractivity contribution in [2.45, 2.75) is 32.0 Å². The largest absolute Gasteiger partial charge is 0.384 e. The molecule has 1 aliphatic heterocycles. The number of carbonyl (C=O) groups excluding carboxylic acids is 1. The fraction of sp³-hybridized carbons (Fsp3) is 0.714. The molecule has 4 heteroatoms. The second-order valence-corrected chi connectivity index (χ2v) is 3.04. The summed E-state index contributed by atoms with van der Waals surface area (Å²) in [4.78, 5) is 15.9. The quantitative estimate of drug-likeness (QED) is 0.618. The summed E-state index contributed by atoms with van der Waals surface area (Å²) >= 11 is 0. The predicted molar refractivity (Wildman–Crippen MR) is 39.3 cm³/mol. The van der Waals surface area contributed by atoms with E-state index in [0.29, 0.717) is 6.42 Å². The van der Waals surface area contributed by atoms with Gasteiger partial charge in [-0.3, -0.25) is 4.79 Å². The van der Waals surface area contributed by atoms with Crippen LogP contribution in [-0.2, 0) is 9.63 Å². The minimum atomic E-state index is -1.32. The molecule has 62 valence electrons. The summed E-state index contributed by atoms with van der Waals surface area (Å²) in [5.41, 5.74) is -1.32. The lowest BCUT2D eigenvalue weighted by atomic mass is 9.98. The Bertz CT molecular complexity index is 184. The number of carbonyl (C=O) groups is 1. The summed E-state index contributed by atoms with van der Waals surface area (Å²) in [5, 5.41) is 12.7. The number of Topliss-reactive ketones (excluding diaryl/α,β-unsaturated/α-hetero) is 1. The van der Waals surface area contributed by atoms with Gasteiger partial charge in [-0.25, -0.2) is 0 Å². The second kappa shape index (κ2) is 2.62. The first kappa shape index (κ1) is 8.20. The fourth-order valence-corrected chi connectivity index (χ4v) is 0.847. The fourth-order valence-electron chi connectivity index (χ4n) is 0.847. The molecular weight excluding hydrogens is 146 g/mol. The zero-order chi connectivity index (χ0) is 8.48. The average Bonchev–Trinajstić information content (AvgIpc) is 2.34. The third kappa shape index (κ3) is 1.77. The molecule has 1 atom stereocenters. The first-order valence-corrected chi connectivity index (χ1v) is 3.46. The molecule has 0 spiro atoms. The van der Waals surface area contributed by atoms with Crippen LogP contribution in [0.5, 0.6) is 0 Å². The molecule has 1 N–H and O–H groups in total. The van der Waals surface area contributed by atoms with Crippen LogP contribution in [0.4, 0.5) is 0 Å². The van der Waals surface area contributed by atoms with Crippen molar-refractivity contribution >= 4 is 12.0 Å². The molecule has 1 rings (SSSR count). The normalized spacial score (nSPS) is 23.4. The standard InChI is InChI=1S/C7H11NO3/c1-7(2,10)6(9)5-3-4-8-11-5/h4-5,10H,3H2,1-2H3. The Labute approximate surface area is 64.8 Å². The van der Waals surface area contributed by atoms with E-state index in [0.717, 1.165) is 0 Å². The highest BCUT2D eigenvalue weighted by Crippen LogP contribution is 2.14. The molecular formula is C7H11NO3. The molecule has 0 saturated carbocycles. The Morgan fingerprint density at radius 1 is 1.82 bits per heavy atom. The van der Waals surface area contributed by atoms with Gasteiger partial charge < -0.3 is 9.94 Å². The van der Waals surface area contributed by atoms with Gasteiger partial charge in [0.2, 0.25) is 5.78 Å². The van der Waals surface area contributed by atoms with E-state index in [1.54, 1.807) is 0 Å². The van der Waals surface area contributed by atoms with Crippen molar-refractivity contribution in [2.75, 3.05) is 0 Å². The van der Waals surface area contributed by atoms with Crippen LogP contribution in [0.15, 0.2) is 5.16 Å². The van der Waals surface area contributed by atoms with Crippen molar-refractivity contribution < 1.29 is 14.7 Å². The van der Waals surface area contributed by atoms with E-state index in [4.69, 9.17) is 4.84 Å². The Morgan fingerprint density at radius 2 is 2.45 bits per heavy atom. The highest BCUT2D eigenvalue weighted by molar-refractivity contribution is 5.92. The SMILES string of the molecule is CC(C)(O)C(=O)C1CC=NO1. The van der Waals surface area contributed by atoms with E-state index >= 15 is 0 Å². The van der Waals surface area contributed by atoms with E-state index < -0.39 is 11.7 Å². The summed E-state index contributed by atoms with van der Waals surface area (Å²) < 4.78 is 0. The number of hydrogen-bond acceptors (Lipinski definition) is 4. The van der Waals surface area contributed by atoms with Crippen molar-refractivity contribution in [3.8, 4) is 0 Å². The van der Waals surface area contributed by atoms with Gasteiger partial charge in [0.25, 0.3) is 0 Å². The lowest BCUT2D eigenvalue weighted by Gasteiger charge is -2.18. The van der Waals surface area contributed by atoms with Crippen LogP contribution >= 0.6 is 0 Å². The second-order valence-electron chi connectivity index (χ2n) is 3.04. The lowest BCUT2D eigenvalue weighted by Crippen LogP contribution is -2.39. The predicted octanol–water partition coefficient (Wildman–Crippen LogP) is 0.101. The first-order valence-electron chi connectivity index (χ1n) is 3.46. The number of oxime groups is 1. The van der Waals surface area contributed by atoms with Gasteiger partial charge in [0.1, 0.15) is 5.60 Å². The molecule has 1 aliphatic rings. The van der Waals surface area contributed by atoms with Crippen LogP contribution in [0.1, 0.15) is 20.3 Å². The Balaban J connectivity index is 2.55. The summed E-state index contributed by atoms with van der Waals surface area (Å²) in [6.07, 6.45) is 1.40. The highest BCUT2D eigenvalue weighted by atomic mass is 16.6. The molecule has 0 bridgehead atoms. The molecule has 1 unspecified atom stereocenters. The average molecular weight is 157 g/mol. The summed E-state index contributed by atoms with van der Waals surface area (Å²) in [6.45, 7) is 2.88. The van der Waals surface area contributed by atoms with Crippen molar-refractivity contribution in [2.24, 2.45) is 5.16 Å². The number of hydrogen-bond donors (Lipinski definition) is 1. The third-order valence-corrected chi connectivity index (χ3v) is 1.48. The van der Waals surface area contributed by atoms with Crippen molar-refractivity contribution in [1.29, 1.82) is 0 Å². The van der Waals surface area contributed by atoms with Gasteiger partial charge in [0.15, 0.2) is 6.10 Å². The highest BCUT2D eigenvalue weighted by Gasteiger charge is 2.34. The maximum atomic E-state index is 11.2. The van der Waals surface area contributed by atoms with Crippen molar-refractivity contribution in [3.63, 3.8) is 0 Å². The summed E-state index contributed by atoms with van der Waals surface area (Å²) in [5.74, 6) is -0.324. The van der Waals surface area contributed by atoms with Gasteiger partial charge in [-0.1, -0.05) is 5.16 Å². The van der Waals surface area contributed by atoms with E-state index in [9.17, 15) is 9.90 Å². The summed E-state index contributed by atoms with van der Waals surface area (Å²) in [6, 6.07) is 0. The minimum Gasteiger partial charge on any atom is -0.384 e. The smallest absolute Gasteiger partial charge is 0.207 e. The number of nitrogens with zero attached hydrogens (tertiary/aromatic N) is 1. The Morgan fingerprint density at radius 3 is 2.82 bits per heavy atom. The lowest BCUT2D eigenvalue weighted by molar-refractivity contribution is -0.144. The van der Waals surface area contributed by atoms with E-state index in [1.165, 1.54) is 20.1 Å². The molecule has 4 nitrogen and oxygen atoms in total. The van der Waals surface area contributed by atoms with Crippen LogP contribution in [-0.4, -0.2) is 28.8 Å². The molecule has 0 saturated heterocycles. The molecule has 0 radical (unpaired) electrons. The van der Waals surface area contributed by atoms with E-state index in [-0.39, 0.29) is 5.78 Å². The van der Waals surface area contributed by atoms with Gasteiger partial charge in [-0.15, -0.1) is 0 Å². The maximum absolute atomic E-state index is 11.2. The van der Waals surface area contributed by atoms with Gasteiger partial charge in [-0.05, 0) is 13.8 Å². The molecule has 0 aromatic rings. The summed E-state index contributed by atoms with van der Waals surface area (Å²) in [7, 11) is 0. The minimum absolute atomic E-state index is 0.324. The molecule has 0 aromatic heterocycles. The van der Waals surface area contributed by atoms with Crippen LogP contribution < -0.4 is 0 Å². The zero-order valence-corrected chi connectivity index (χ0v) is 6.57. The number of rotatable bonds is 2. The Kier molecular flexibility index (Phi) is 1.95. The van der Waals surface area contributed by atoms with E-state index in [1.807, 2.05) is 0 Å². The van der Waals surface area contributed by atoms with Crippen LogP contribution in [0.2, 0.25) is 0 Å². The third-order valence-electron chi connectivity index (χ3n) is 1.48. The molecule has 11 heavy (non-hydrogen) atoms. The van der Waals surface area contributed by atoms with Crippen LogP contribution in [0, 0.1) is 0 Å². The van der Waals surface area contributed by atoms with Crippen LogP contribution in [0.3, 0.4) is 0 Å².